The Labute approximate surface area is 85.6 Å². The maximum atomic E-state index is 11.8. The first kappa shape index (κ1) is 13.6. The lowest BCUT2D eigenvalue weighted by molar-refractivity contribution is 0.223. The number of nitrogens with zero attached hydrogens (tertiary/aromatic N) is 2. The minimum Gasteiger partial charge on any atom is -0.309 e. The van der Waals surface area contributed by atoms with E-state index < -0.39 is 7.60 Å². The number of hydrazone groups is 1. The van der Waals surface area contributed by atoms with Gasteiger partial charge >= 0.3 is 7.60 Å². The van der Waals surface area contributed by atoms with Gasteiger partial charge in [-0.2, -0.15) is 5.10 Å². The maximum absolute atomic E-state index is 11.8. The molecule has 0 rings (SSSR count). The highest BCUT2D eigenvalue weighted by molar-refractivity contribution is 7.54. The van der Waals surface area contributed by atoms with E-state index in [1.54, 1.807) is 39.2 Å². The zero-order valence-electron chi connectivity index (χ0n) is 9.27. The van der Waals surface area contributed by atoms with Crippen LogP contribution in [0.25, 0.3) is 0 Å². The Morgan fingerprint density at radius 3 is 2.14 bits per heavy atom. The lowest BCUT2D eigenvalue weighted by Gasteiger charge is -2.14. The van der Waals surface area contributed by atoms with Gasteiger partial charge in [0.15, 0.2) is 0 Å². The number of rotatable bonds is 7. The van der Waals surface area contributed by atoms with Crippen LogP contribution >= 0.6 is 7.60 Å². The monoisotopic (exact) mass is 222 g/mol. The van der Waals surface area contributed by atoms with Crippen molar-refractivity contribution in [1.82, 2.24) is 5.01 Å². The zero-order valence-corrected chi connectivity index (χ0v) is 10.2. The predicted molar refractivity (Wildman–Crippen MR) is 57.9 cm³/mol. The van der Waals surface area contributed by atoms with Gasteiger partial charge < -0.3 is 14.1 Å². The summed E-state index contributed by atoms with van der Waals surface area (Å²) in [4.78, 5) is 0. The van der Waals surface area contributed by atoms with Gasteiger partial charge in [-0.05, 0) is 13.8 Å². The van der Waals surface area contributed by atoms with E-state index in [9.17, 15) is 4.57 Å². The minimum absolute atomic E-state index is 0.215. The molecule has 0 spiro atoms. The van der Waals surface area contributed by atoms with Crippen molar-refractivity contribution < 1.29 is 13.6 Å². The van der Waals surface area contributed by atoms with E-state index in [4.69, 9.17) is 9.05 Å². The van der Waals surface area contributed by atoms with Crippen molar-refractivity contribution in [2.24, 2.45) is 5.10 Å². The lowest BCUT2D eigenvalue weighted by Crippen LogP contribution is -2.05. The van der Waals surface area contributed by atoms with Gasteiger partial charge in [-0.25, -0.2) is 0 Å². The third-order valence-corrected chi connectivity index (χ3v) is 3.18. The van der Waals surface area contributed by atoms with Gasteiger partial charge in [0, 0.05) is 20.3 Å². The third-order valence-electron chi connectivity index (χ3n) is 1.27. The minimum atomic E-state index is -2.95. The first-order chi connectivity index (χ1) is 6.54. The second-order valence-corrected chi connectivity index (χ2v) is 4.88. The third kappa shape index (κ3) is 6.13. The molecular weight excluding hydrogens is 203 g/mol. The van der Waals surface area contributed by atoms with Crippen LogP contribution in [0.3, 0.4) is 0 Å². The fraction of sp³-hybridized carbons (Fsp3) is 0.875. The Bertz CT molecular complexity index is 209. The van der Waals surface area contributed by atoms with Crippen LogP contribution in [0.15, 0.2) is 5.10 Å². The highest BCUT2D eigenvalue weighted by Crippen LogP contribution is 2.46. The average Bonchev–Trinajstić information content (AvgIpc) is 2.03. The fourth-order valence-electron chi connectivity index (χ4n) is 0.836. The number of hydrogen-bond acceptors (Lipinski definition) is 5. The SMILES string of the molecule is CCOP(=O)(C/C=N\N(C)C)OCC. The summed E-state index contributed by atoms with van der Waals surface area (Å²) in [5.74, 6) is 0. The van der Waals surface area contributed by atoms with Crippen molar-refractivity contribution in [3.8, 4) is 0 Å². The Kier molecular flexibility index (Phi) is 6.79. The normalized spacial score (nSPS) is 12.3. The van der Waals surface area contributed by atoms with Crippen LogP contribution < -0.4 is 0 Å². The molecule has 6 heteroatoms. The summed E-state index contributed by atoms with van der Waals surface area (Å²) in [5.41, 5.74) is 0. The van der Waals surface area contributed by atoms with Gasteiger partial charge in [0.05, 0.1) is 19.4 Å². The van der Waals surface area contributed by atoms with E-state index in [-0.39, 0.29) is 6.16 Å². The van der Waals surface area contributed by atoms with Crippen LogP contribution in [0.1, 0.15) is 13.8 Å². The van der Waals surface area contributed by atoms with Gasteiger partial charge in [0.2, 0.25) is 0 Å². The van der Waals surface area contributed by atoms with Crippen molar-refractivity contribution in [3.63, 3.8) is 0 Å². The van der Waals surface area contributed by atoms with Crippen LogP contribution in [0, 0.1) is 0 Å². The Morgan fingerprint density at radius 1 is 1.29 bits per heavy atom. The van der Waals surface area contributed by atoms with Crippen molar-refractivity contribution in [1.29, 1.82) is 0 Å². The van der Waals surface area contributed by atoms with Crippen LogP contribution in [0.2, 0.25) is 0 Å². The molecule has 0 bridgehead atoms. The molecule has 0 aliphatic heterocycles. The Hall–Kier alpha value is -0.380. The first-order valence-corrected chi connectivity index (χ1v) is 6.34. The van der Waals surface area contributed by atoms with Crippen molar-refractivity contribution in [2.75, 3.05) is 33.5 Å². The topological polar surface area (TPSA) is 51.1 Å². The molecule has 0 aromatic carbocycles. The summed E-state index contributed by atoms with van der Waals surface area (Å²) in [6, 6.07) is 0. The molecule has 0 amide bonds. The first-order valence-electron chi connectivity index (χ1n) is 4.62. The van der Waals surface area contributed by atoms with Gasteiger partial charge in [0.25, 0.3) is 0 Å². The molecule has 0 unspecified atom stereocenters. The molecule has 0 aromatic rings. The van der Waals surface area contributed by atoms with Crippen molar-refractivity contribution in [3.05, 3.63) is 0 Å². The predicted octanol–water partition coefficient (Wildman–Crippen LogP) is 1.80. The van der Waals surface area contributed by atoms with E-state index in [1.807, 2.05) is 0 Å². The van der Waals surface area contributed by atoms with E-state index in [0.29, 0.717) is 13.2 Å². The second kappa shape index (κ2) is 6.98. The fourth-order valence-corrected chi connectivity index (χ4v) is 2.18. The highest BCUT2D eigenvalue weighted by atomic mass is 31.2. The van der Waals surface area contributed by atoms with Crippen LogP contribution in [0.5, 0.6) is 0 Å². The van der Waals surface area contributed by atoms with E-state index in [1.165, 1.54) is 0 Å². The highest BCUT2D eigenvalue weighted by Gasteiger charge is 2.21. The summed E-state index contributed by atoms with van der Waals surface area (Å²) in [6.07, 6.45) is 1.76. The molecule has 0 aromatic heterocycles. The van der Waals surface area contributed by atoms with Crippen LogP contribution in [0.4, 0.5) is 0 Å². The molecule has 84 valence electrons. The smallest absolute Gasteiger partial charge is 0.309 e. The Balaban J connectivity index is 4.15. The van der Waals surface area contributed by atoms with Gasteiger partial charge in [-0.1, -0.05) is 0 Å². The molecule has 0 N–H and O–H groups in total. The molecule has 0 heterocycles. The van der Waals surface area contributed by atoms with Gasteiger partial charge in [-0.15, -0.1) is 0 Å². The van der Waals surface area contributed by atoms with Crippen molar-refractivity contribution >= 4 is 13.8 Å². The molecule has 0 radical (unpaired) electrons. The van der Waals surface area contributed by atoms with Crippen molar-refractivity contribution in [2.45, 2.75) is 13.8 Å². The molecule has 0 saturated carbocycles. The average molecular weight is 222 g/mol. The molecule has 0 atom stereocenters. The van der Waals surface area contributed by atoms with E-state index in [0.717, 1.165) is 0 Å². The summed E-state index contributed by atoms with van der Waals surface area (Å²) in [6.45, 7) is 4.34. The summed E-state index contributed by atoms with van der Waals surface area (Å²) in [7, 11) is 0.637. The van der Waals surface area contributed by atoms with Crippen LogP contribution in [-0.2, 0) is 13.6 Å². The molecule has 0 aliphatic carbocycles. The largest absolute Gasteiger partial charge is 0.336 e. The van der Waals surface area contributed by atoms with Crippen LogP contribution in [-0.4, -0.2) is 44.7 Å². The number of hydrogen-bond donors (Lipinski definition) is 0. The zero-order chi connectivity index (χ0) is 11.0. The maximum Gasteiger partial charge on any atom is 0.336 e. The molecular formula is C8H19N2O3P. The summed E-state index contributed by atoms with van der Waals surface area (Å²) in [5, 5.41) is 5.58. The molecule has 0 saturated heterocycles. The molecule has 14 heavy (non-hydrogen) atoms. The summed E-state index contributed by atoms with van der Waals surface area (Å²) < 4.78 is 22.0. The lowest BCUT2D eigenvalue weighted by atomic mass is 10.9. The summed E-state index contributed by atoms with van der Waals surface area (Å²) >= 11 is 0. The van der Waals surface area contributed by atoms with E-state index >= 15 is 0 Å². The van der Waals surface area contributed by atoms with Gasteiger partial charge in [-0.3, -0.25) is 4.57 Å². The molecule has 5 nitrogen and oxygen atoms in total. The quantitative estimate of drug-likeness (QED) is 0.374. The standard InChI is InChI=1S/C8H19N2O3P/c1-5-12-14(11,13-6-2)8-7-9-10(3)4/h7H,5-6,8H2,1-4H3/b9-7-. The van der Waals surface area contributed by atoms with E-state index in [2.05, 4.69) is 5.10 Å². The molecule has 0 fully saturated rings. The van der Waals surface area contributed by atoms with Gasteiger partial charge in [0.1, 0.15) is 0 Å². The second-order valence-electron chi connectivity index (χ2n) is 2.77. The Morgan fingerprint density at radius 2 is 1.79 bits per heavy atom. The molecule has 0 aliphatic rings.